The average Bonchev–Trinajstić information content (AvgIpc) is 2.52. The molecule has 2 rings (SSSR count). The molecule has 0 bridgehead atoms. The van der Waals surface area contributed by atoms with Crippen LogP contribution in [0.5, 0.6) is 0 Å². The third-order valence-electron chi connectivity index (χ3n) is 2.85. The second-order valence-corrected chi connectivity index (χ2v) is 4.48. The zero-order valence-electron chi connectivity index (χ0n) is 11.0. The SMILES string of the molecule is O=CC1OCC(CNC(=O)OCc2ccccc2)CO1. The quantitative estimate of drug-likeness (QED) is 0.817. The fraction of sp³-hybridized carbons (Fsp3) is 0.429. The number of aldehydes is 1. The molecular weight excluding hydrogens is 262 g/mol. The molecule has 1 heterocycles. The highest BCUT2D eigenvalue weighted by Gasteiger charge is 2.22. The van der Waals surface area contributed by atoms with Crippen LogP contribution >= 0.6 is 0 Å². The average molecular weight is 279 g/mol. The van der Waals surface area contributed by atoms with E-state index >= 15 is 0 Å². The molecule has 1 aromatic rings. The van der Waals surface area contributed by atoms with E-state index in [0.29, 0.717) is 26.0 Å². The summed E-state index contributed by atoms with van der Waals surface area (Å²) in [5.41, 5.74) is 0.931. The molecule has 0 unspecified atom stereocenters. The number of amides is 1. The Bertz CT molecular complexity index is 428. The Labute approximate surface area is 117 Å². The van der Waals surface area contributed by atoms with E-state index in [9.17, 15) is 9.59 Å². The number of nitrogens with one attached hydrogen (secondary N) is 1. The summed E-state index contributed by atoms with van der Waals surface area (Å²) in [6.07, 6.45) is -0.653. The molecule has 0 saturated carbocycles. The number of carbonyl (C=O) groups is 2. The third-order valence-corrected chi connectivity index (χ3v) is 2.85. The van der Waals surface area contributed by atoms with Crippen LogP contribution in [0.1, 0.15) is 5.56 Å². The van der Waals surface area contributed by atoms with Crippen LogP contribution in [0.3, 0.4) is 0 Å². The van der Waals surface area contributed by atoms with Crippen molar-refractivity contribution in [3.63, 3.8) is 0 Å². The van der Waals surface area contributed by atoms with Crippen LogP contribution in [0.2, 0.25) is 0 Å². The van der Waals surface area contributed by atoms with Crippen LogP contribution in [0.25, 0.3) is 0 Å². The summed E-state index contributed by atoms with van der Waals surface area (Å²) in [4.78, 5) is 21.9. The van der Waals surface area contributed by atoms with Gasteiger partial charge in [-0.15, -0.1) is 0 Å². The zero-order chi connectivity index (χ0) is 14.2. The highest BCUT2D eigenvalue weighted by molar-refractivity contribution is 5.67. The molecule has 1 aliphatic rings. The van der Waals surface area contributed by atoms with Gasteiger partial charge >= 0.3 is 6.09 Å². The van der Waals surface area contributed by atoms with Gasteiger partial charge in [0.15, 0.2) is 6.29 Å². The summed E-state index contributed by atoms with van der Waals surface area (Å²) in [7, 11) is 0. The van der Waals surface area contributed by atoms with Crippen molar-refractivity contribution in [2.45, 2.75) is 12.9 Å². The minimum atomic E-state index is -0.781. The van der Waals surface area contributed by atoms with Crippen molar-refractivity contribution in [2.75, 3.05) is 19.8 Å². The van der Waals surface area contributed by atoms with Gasteiger partial charge in [0.2, 0.25) is 6.29 Å². The van der Waals surface area contributed by atoms with E-state index < -0.39 is 12.4 Å². The first-order valence-corrected chi connectivity index (χ1v) is 6.41. The zero-order valence-corrected chi connectivity index (χ0v) is 11.0. The van der Waals surface area contributed by atoms with Crippen molar-refractivity contribution in [1.29, 1.82) is 0 Å². The van der Waals surface area contributed by atoms with Crippen LogP contribution in [-0.4, -0.2) is 38.4 Å². The van der Waals surface area contributed by atoms with Crippen LogP contribution in [0.4, 0.5) is 4.79 Å². The molecule has 1 amide bonds. The molecule has 108 valence electrons. The van der Waals surface area contributed by atoms with Crippen LogP contribution < -0.4 is 5.32 Å². The molecular formula is C14H17NO5. The van der Waals surface area contributed by atoms with Crippen molar-refractivity contribution in [2.24, 2.45) is 5.92 Å². The molecule has 1 saturated heterocycles. The largest absolute Gasteiger partial charge is 0.445 e. The normalized spacial score (nSPS) is 22.0. The second kappa shape index (κ2) is 7.62. The predicted molar refractivity (Wildman–Crippen MR) is 69.9 cm³/mol. The standard InChI is InChI=1S/C14H17NO5/c16-7-13-18-9-12(10-19-13)6-15-14(17)20-8-11-4-2-1-3-5-11/h1-5,7,12-13H,6,8-10H2,(H,15,17). The highest BCUT2D eigenvalue weighted by Crippen LogP contribution is 2.09. The van der Waals surface area contributed by atoms with Gasteiger partial charge in [0.1, 0.15) is 6.61 Å². The Kier molecular flexibility index (Phi) is 5.52. The molecule has 0 atom stereocenters. The highest BCUT2D eigenvalue weighted by atomic mass is 16.7. The Balaban J connectivity index is 1.62. The molecule has 0 spiro atoms. The summed E-state index contributed by atoms with van der Waals surface area (Å²) in [6.45, 7) is 1.38. The lowest BCUT2D eigenvalue weighted by Gasteiger charge is -2.26. The van der Waals surface area contributed by atoms with Gasteiger partial charge in [-0.25, -0.2) is 4.79 Å². The maximum atomic E-state index is 11.5. The Morgan fingerprint density at radius 2 is 2.00 bits per heavy atom. The molecule has 1 fully saturated rings. The molecule has 0 aromatic heterocycles. The molecule has 1 aliphatic heterocycles. The number of hydrogen-bond donors (Lipinski definition) is 1. The lowest BCUT2D eigenvalue weighted by Crippen LogP contribution is -2.40. The maximum absolute atomic E-state index is 11.5. The lowest BCUT2D eigenvalue weighted by atomic mass is 10.1. The van der Waals surface area contributed by atoms with Gasteiger partial charge in [-0.05, 0) is 5.56 Å². The van der Waals surface area contributed by atoms with Gasteiger partial charge in [0.25, 0.3) is 0 Å². The van der Waals surface area contributed by atoms with Crippen LogP contribution in [0.15, 0.2) is 30.3 Å². The van der Waals surface area contributed by atoms with Gasteiger partial charge in [0, 0.05) is 12.5 Å². The third kappa shape index (κ3) is 4.64. The molecule has 0 aliphatic carbocycles. The van der Waals surface area contributed by atoms with E-state index in [1.54, 1.807) is 0 Å². The van der Waals surface area contributed by atoms with E-state index in [-0.39, 0.29) is 12.5 Å². The number of carbonyl (C=O) groups excluding carboxylic acids is 2. The van der Waals surface area contributed by atoms with Crippen LogP contribution in [-0.2, 0) is 25.6 Å². The Morgan fingerprint density at radius 1 is 1.30 bits per heavy atom. The van der Waals surface area contributed by atoms with E-state index in [0.717, 1.165) is 5.56 Å². The summed E-state index contributed by atoms with van der Waals surface area (Å²) in [5.74, 6) is 0.0236. The molecule has 6 heteroatoms. The van der Waals surface area contributed by atoms with E-state index in [2.05, 4.69) is 5.32 Å². The van der Waals surface area contributed by atoms with Crippen LogP contribution in [0, 0.1) is 5.92 Å². The van der Waals surface area contributed by atoms with Gasteiger partial charge in [-0.1, -0.05) is 30.3 Å². The van der Waals surface area contributed by atoms with Crippen molar-refractivity contribution in [3.8, 4) is 0 Å². The van der Waals surface area contributed by atoms with Gasteiger partial charge in [-0.2, -0.15) is 0 Å². The molecule has 0 radical (unpaired) electrons. The van der Waals surface area contributed by atoms with E-state index in [1.807, 2.05) is 30.3 Å². The summed E-state index contributed by atoms with van der Waals surface area (Å²) in [5, 5.41) is 2.65. The van der Waals surface area contributed by atoms with Gasteiger partial charge < -0.3 is 19.5 Å². The maximum Gasteiger partial charge on any atom is 0.407 e. The molecule has 1 aromatic carbocycles. The minimum Gasteiger partial charge on any atom is -0.445 e. The van der Waals surface area contributed by atoms with Gasteiger partial charge in [-0.3, -0.25) is 4.79 Å². The Morgan fingerprint density at radius 3 is 2.65 bits per heavy atom. The number of hydrogen-bond acceptors (Lipinski definition) is 5. The fourth-order valence-corrected chi connectivity index (χ4v) is 1.76. The minimum absolute atomic E-state index is 0.0236. The number of benzene rings is 1. The van der Waals surface area contributed by atoms with Crippen molar-refractivity contribution in [1.82, 2.24) is 5.32 Å². The van der Waals surface area contributed by atoms with Gasteiger partial charge in [0.05, 0.1) is 13.2 Å². The monoisotopic (exact) mass is 279 g/mol. The summed E-state index contributed by atoms with van der Waals surface area (Å²) < 4.78 is 15.3. The number of rotatable bonds is 5. The first kappa shape index (κ1) is 14.5. The van der Waals surface area contributed by atoms with Crippen molar-refractivity contribution >= 4 is 12.4 Å². The number of alkyl carbamates (subject to hydrolysis) is 1. The molecule has 6 nitrogen and oxygen atoms in total. The van der Waals surface area contributed by atoms with Crippen molar-refractivity contribution < 1.29 is 23.8 Å². The van der Waals surface area contributed by atoms with E-state index in [4.69, 9.17) is 14.2 Å². The lowest BCUT2D eigenvalue weighted by molar-refractivity contribution is -0.192. The first-order valence-electron chi connectivity index (χ1n) is 6.41. The smallest absolute Gasteiger partial charge is 0.407 e. The van der Waals surface area contributed by atoms with Crippen molar-refractivity contribution in [3.05, 3.63) is 35.9 Å². The number of ether oxygens (including phenoxy) is 3. The topological polar surface area (TPSA) is 73.9 Å². The second-order valence-electron chi connectivity index (χ2n) is 4.48. The first-order chi connectivity index (χ1) is 9.78. The summed E-state index contributed by atoms with van der Waals surface area (Å²) >= 11 is 0. The fourth-order valence-electron chi connectivity index (χ4n) is 1.76. The molecule has 20 heavy (non-hydrogen) atoms. The predicted octanol–water partition coefficient (Wildman–Crippen LogP) is 1.10. The summed E-state index contributed by atoms with van der Waals surface area (Å²) in [6, 6.07) is 9.44. The van der Waals surface area contributed by atoms with E-state index in [1.165, 1.54) is 0 Å². The molecule has 1 N–H and O–H groups in total. The Hall–Kier alpha value is -1.92.